The van der Waals surface area contributed by atoms with E-state index in [1.54, 1.807) is 0 Å². The van der Waals surface area contributed by atoms with Crippen molar-refractivity contribution >= 4 is 21.5 Å². The van der Waals surface area contributed by atoms with E-state index in [4.69, 9.17) is 14.2 Å². The van der Waals surface area contributed by atoms with Crippen molar-refractivity contribution in [1.29, 1.82) is 0 Å². The molecule has 0 N–H and O–H groups in total. The topological polar surface area (TPSA) is 27.7 Å². The highest BCUT2D eigenvalue weighted by Crippen LogP contribution is 2.56. The molecule has 0 aromatic heterocycles. The lowest BCUT2D eigenvalue weighted by Crippen LogP contribution is -2.52. The van der Waals surface area contributed by atoms with Gasteiger partial charge in [0.25, 0.3) is 0 Å². The van der Waals surface area contributed by atoms with Gasteiger partial charge in [0.05, 0.1) is 13.2 Å². The summed E-state index contributed by atoms with van der Waals surface area (Å²) in [6, 6.07) is 6.14. The lowest BCUT2D eigenvalue weighted by Gasteiger charge is -2.51. The molecule has 0 bridgehead atoms. The van der Waals surface area contributed by atoms with Crippen molar-refractivity contribution in [2.45, 2.75) is 38.1 Å². The molecule has 2 heterocycles. The molecule has 1 aliphatic carbocycles. The van der Waals surface area contributed by atoms with E-state index < -0.39 is 5.79 Å². The van der Waals surface area contributed by atoms with Gasteiger partial charge in [0.15, 0.2) is 5.79 Å². The molecule has 2 atom stereocenters. The molecular weight excluding hydrogens is 332 g/mol. The number of hydrogen-bond acceptors (Lipinski definition) is 3. The largest absolute Gasteiger partial charge is 0.489 e. The summed E-state index contributed by atoms with van der Waals surface area (Å²) in [5.74, 6) is 0.510. The molecule has 2 aliphatic heterocycles. The third kappa shape index (κ3) is 2.00. The van der Waals surface area contributed by atoms with Crippen LogP contribution < -0.4 is 4.74 Å². The van der Waals surface area contributed by atoms with E-state index in [-0.39, 0.29) is 11.5 Å². The molecule has 3 aliphatic rings. The van der Waals surface area contributed by atoms with E-state index in [0.29, 0.717) is 13.2 Å². The van der Waals surface area contributed by atoms with Crippen molar-refractivity contribution < 1.29 is 14.2 Å². The lowest BCUT2D eigenvalue weighted by molar-refractivity contribution is -0.209. The first kappa shape index (κ1) is 13.8. The summed E-state index contributed by atoms with van der Waals surface area (Å²) in [5, 5.41) is 0. The highest BCUT2D eigenvalue weighted by atomic mass is 79.9. The summed E-state index contributed by atoms with van der Waals surface area (Å²) < 4.78 is 19.2. The van der Waals surface area contributed by atoms with Gasteiger partial charge in [-0.15, -0.1) is 0 Å². The van der Waals surface area contributed by atoms with Gasteiger partial charge < -0.3 is 14.2 Å². The Morgan fingerprint density at radius 3 is 2.81 bits per heavy atom. The minimum Gasteiger partial charge on any atom is -0.489 e. The van der Waals surface area contributed by atoms with E-state index >= 15 is 0 Å². The number of benzene rings is 1. The molecule has 1 spiro atoms. The zero-order valence-corrected chi connectivity index (χ0v) is 13.7. The number of ether oxygens (including phenoxy) is 3. The van der Waals surface area contributed by atoms with Crippen molar-refractivity contribution in [2.24, 2.45) is 5.41 Å². The van der Waals surface area contributed by atoms with Gasteiger partial charge in [0.1, 0.15) is 11.9 Å². The highest BCUT2D eigenvalue weighted by molar-refractivity contribution is 9.10. The minimum absolute atomic E-state index is 0.142. The Balaban J connectivity index is 1.75. The molecule has 112 valence electrons. The fourth-order valence-corrected chi connectivity index (χ4v) is 4.33. The summed E-state index contributed by atoms with van der Waals surface area (Å²) in [6.45, 7) is 8.01. The first-order valence-corrected chi connectivity index (χ1v) is 8.26. The molecular formula is C17H19BrO3. The highest BCUT2D eigenvalue weighted by Gasteiger charge is 2.55. The van der Waals surface area contributed by atoms with Crippen LogP contribution in [0.25, 0.3) is 5.57 Å². The first-order chi connectivity index (χ1) is 10.0. The third-order valence-electron chi connectivity index (χ3n) is 5.17. The van der Waals surface area contributed by atoms with Crippen LogP contribution in [0.3, 0.4) is 0 Å². The van der Waals surface area contributed by atoms with Crippen molar-refractivity contribution in [3.63, 3.8) is 0 Å². The Hall–Kier alpha value is -0.840. The molecule has 0 unspecified atom stereocenters. The number of halogens is 1. The van der Waals surface area contributed by atoms with Crippen LogP contribution in [0.1, 0.15) is 31.7 Å². The Kier molecular flexibility index (Phi) is 3.01. The Morgan fingerprint density at radius 2 is 2.05 bits per heavy atom. The normalized spacial score (nSPS) is 33.4. The summed E-state index contributed by atoms with van der Waals surface area (Å²) in [5.41, 5.74) is 2.09. The maximum Gasteiger partial charge on any atom is 0.169 e. The van der Waals surface area contributed by atoms with Gasteiger partial charge in [-0.3, -0.25) is 0 Å². The second-order valence-electron chi connectivity index (χ2n) is 6.47. The lowest BCUT2D eigenvalue weighted by atomic mass is 9.64. The zero-order valence-electron chi connectivity index (χ0n) is 12.2. The van der Waals surface area contributed by atoms with Crippen LogP contribution in [-0.4, -0.2) is 25.1 Å². The predicted molar refractivity (Wildman–Crippen MR) is 84.2 cm³/mol. The monoisotopic (exact) mass is 350 g/mol. The van der Waals surface area contributed by atoms with Gasteiger partial charge >= 0.3 is 0 Å². The molecule has 4 heteroatoms. The predicted octanol–water partition coefficient (Wildman–Crippen LogP) is 4.16. The standard InChI is InChI=1S/C17H19BrO3/c1-11-13-9-12(18)3-4-14(13)21-15-5-6-17(10-16(11,15)2)19-7-8-20-17/h3-4,9,15H,1,5-8,10H2,2H3/t15-,16+/m0/s1. The molecule has 0 amide bonds. The Labute approximate surface area is 133 Å². The fourth-order valence-electron chi connectivity index (χ4n) is 3.97. The van der Waals surface area contributed by atoms with Crippen molar-refractivity contribution in [3.05, 3.63) is 34.8 Å². The number of hydrogen-bond donors (Lipinski definition) is 0. The molecule has 1 saturated heterocycles. The average molecular weight is 351 g/mol. The molecule has 21 heavy (non-hydrogen) atoms. The smallest absolute Gasteiger partial charge is 0.169 e. The summed E-state index contributed by atoms with van der Waals surface area (Å²) in [7, 11) is 0. The van der Waals surface area contributed by atoms with E-state index in [1.165, 1.54) is 0 Å². The van der Waals surface area contributed by atoms with Crippen LogP contribution in [0.5, 0.6) is 5.75 Å². The van der Waals surface area contributed by atoms with Crippen molar-refractivity contribution in [1.82, 2.24) is 0 Å². The van der Waals surface area contributed by atoms with E-state index in [0.717, 1.165) is 40.6 Å². The van der Waals surface area contributed by atoms with E-state index in [1.807, 2.05) is 12.1 Å². The first-order valence-electron chi connectivity index (χ1n) is 7.46. The van der Waals surface area contributed by atoms with Gasteiger partial charge in [-0.25, -0.2) is 0 Å². The molecule has 3 nitrogen and oxygen atoms in total. The maximum atomic E-state index is 6.27. The maximum absolute atomic E-state index is 6.27. The van der Waals surface area contributed by atoms with Crippen LogP contribution in [0, 0.1) is 5.41 Å². The molecule has 0 radical (unpaired) electrons. The molecule has 1 aromatic rings. The fraction of sp³-hybridized carbons (Fsp3) is 0.529. The van der Waals surface area contributed by atoms with Crippen LogP contribution in [0.2, 0.25) is 0 Å². The zero-order chi connectivity index (χ0) is 14.7. The Bertz CT molecular complexity index is 606. The second-order valence-corrected chi connectivity index (χ2v) is 7.38. The summed E-state index contributed by atoms with van der Waals surface area (Å²) in [4.78, 5) is 0. The van der Waals surface area contributed by atoms with Crippen LogP contribution >= 0.6 is 15.9 Å². The second kappa shape index (κ2) is 4.58. The minimum atomic E-state index is -0.429. The van der Waals surface area contributed by atoms with Gasteiger partial charge in [-0.2, -0.15) is 0 Å². The summed E-state index contributed by atoms with van der Waals surface area (Å²) in [6.07, 6.45) is 2.80. The van der Waals surface area contributed by atoms with Gasteiger partial charge in [0.2, 0.25) is 0 Å². The van der Waals surface area contributed by atoms with Crippen LogP contribution in [-0.2, 0) is 9.47 Å². The molecule has 4 rings (SSSR count). The van der Waals surface area contributed by atoms with Crippen molar-refractivity contribution in [3.8, 4) is 5.75 Å². The van der Waals surface area contributed by atoms with Crippen molar-refractivity contribution in [2.75, 3.05) is 13.2 Å². The number of rotatable bonds is 0. The van der Waals surface area contributed by atoms with Crippen LogP contribution in [0.4, 0.5) is 0 Å². The number of fused-ring (bicyclic) bond motifs is 2. The molecule has 2 fully saturated rings. The van der Waals surface area contributed by atoms with Gasteiger partial charge in [-0.1, -0.05) is 29.4 Å². The molecule has 1 aromatic carbocycles. The van der Waals surface area contributed by atoms with Gasteiger partial charge in [-0.05, 0) is 30.2 Å². The van der Waals surface area contributed by atoms with E-state index in [9.17, 15) is 0 Å². The Morgan fingerprint density at radius 1 is 1.29 bits per heavy atom. The van der Waals surface area contributed by atoms with Gasteiger partial charge in [0, 0.05) is 28.3 Å². The third-order valence-corrected chi connectivity index (χ3v) is 5.67. The summed E-state index contributed by atoms with van der Waals surface area (Å²) >= 11 is 3.54. The quantitative estimate of drug-likeness (QED) is 0.703. The van der Waals surface area contributed by atoms with Crippen LogP contribution in [0.15, 0.2) is 29.3 Å². The van der Waals surface area contributed by atoms with E-state index in [2.05, 4.69) is 35.5 Å². The molecule has 1 saturated carbocycles. The SMILES string of the molecule is C=C1c2cc(Br)ccc2O[C@H]2CCC3(C[C@]12C)OCCO3. The average Bonchev–Trinajstić information content (AvgIpc) is 2.90.